The van der Waals surface area contributed by atoms with Crippen LogP contribution in [0.5, 0.6) is 5.75 Å². The van der Waals surface area contributed by atoms with E-state index in [9.17, 15) is 4.79 Å². The van der Waals surface area contributed by atoms with Crippen molar-refractivity contribution in [3.05, 3.63) is 49.6 Å². The van der Waals surface area contributed by atoms with Crippen LogP contribution in [0.15, 0.2) is 34.8 Å². The number of hydrogen-bond acceptors (Lipinski definition) is 3. The lowest BCUT2D eigenvalue weighted by Crippen LogP contribution is -1.99. The standard InChI is InChI=1S/C12H8BrClO3S/c13-9-3-1-7(12(15)16)5-10(9)17-6-8-2-4-11(14)18-8/h1-5H,6H2,(H,15,16). The Morgan fingerprint density at radius 1 is 1.39 bits per heavy atom. The van der Waals surface area contributed by atoms with Gasteiger partial charge in [-0.1, -0.05) is 11.6 Å². The van der Waals surface area contributed by atoms with Crippen molar-refractivity contribution < 1.29 is 14.6 Å². The Bertz CT molecular complexity index is 582. The normalized spacial score (nSPS) is 10.3. The van der Waals surface area contributed by atoms with Crippen molar-refractivity contribution in [1.82, 2.24) is 0 Å². The first-order chi connectivity index (χ1) is 8.56. The summed E-state index contributed by atoms with van der Waals surface area (Å²) < 4.78 is 6.99. The Kier molecular flexibility index (Phi) is 4.27. The molecule has 2 rings (SSSR count). The van der Waals surface area contributed by atoms with Gasteiger partial charge in [-0.3, -0.25) is 0 Å². The summed E-state index contributed by atoms with van der Waals surface area (Å²) in [6.07, 6.45) is 0. The van der Waals surface area contributed by atoms with E-state index in [-0.39, 0.29) is 5.56 Å². The molecule has 94 valence electrons. The van der Waals surface area contributed by atoms with Crippen LogP contribution < -0.4 is 4.74 Å². The number of carboxylic acids is 1. The highest BCUT2D eigenvalue weighted by Gasteiger charge is 2.08. The molecule has 0 bridgehead atoms. The summed E-state index contributed by atoms with van der Waals surface area (Å²) in [5, 5.41) is 8.90. The van der Waals surface area contributed by atoms with Gasteiger partial charge in [0.25, 0.3) is 0 Å². The molecule has 18 heavy (non-hydrogen) atoms. The van der Waals surface area contributed by atoms with E-state index in [1.165, 1.54) is 23.5 Å². The molecular formula is C12H8BrClO3S. The molecule has 1 aromatic carbocycles. The van der Waals surface area contributed by atoms with E-state index in [1.807, 2.05) is 6.07 Å². The largest absolute Gasteiger partial charge is 0.487 e. The Morgan fingerprint density at radius 2 is 2.17 bits per heavy atom. The first kappa shape index (κ1) is 13.4. The zero-order valence-electron chi connectivity index (χ0n) is 9.02. The van der Waals surface area contributed by atoms with E-state index in [0.29, 0.717) is 16.7 Å². The van der Waals surface area contributed by atoms with Crippen molar-refractivity contribution in [3.63, 3.8) is 0 Å². The molecule has 6 heteroatoms. The number of ether oxygens (including phenoxy) is 1. The van der Waals surface area contributed by atoms with Gasteiger partial charge in [0.15, 0.2) is 0 Å². The summed E-state index contributed by atoms with van der Waals surface area (Å²) in [6.45, 7) is 0.360. The summed E-state index contributed by atoms with van der Waals surface area (Å²) in [5.74, 6) is -0.481. The lowest BCUT2D eigenvalue weighted by atomic mass is 10.2. The highest BCUT2D eigenvalue weighted by atomic mass is 79.9. The number of halogens is 2. The Hall–Kier alpha value is -1.04. The highest BCUT2D eigenvalue weighted by Crippen LogP contribution is 2.28. The summed E-state index contributed by atoms with van der Waals surface area (Å²) in [5.41, 5.74) is 0.192. The average Bonchev–Trinajstić information content (AvgIpc) is 2.74. The number of carboxylic acid groups (broad SMARTS) is 1. The van der Waals surface area contributed by atoms with Gasteiger partial charge in [0.05, 0.1) is 14.4 Å². The minimum atomic E-state index is -0.980. The third-order valence-corrected chi connectivity index (χ3v) is 4.04. The molecule has 1 aromatic heterocycles. The van der Waals surface area contributed by atoms with E-state index >= 15 is 0 Å². The van der Waals surface area contributed by atoms with Gasteiger partial charge in [0, 0.05) is 4.88 Å². The maximum Gasteiger partial charge on any atom is 0.335 e. The van der Waals surface area contributed by atoms with Gasteiger partial charge in [-0.05, 0) is 46.3 Å². The van der Waals surface area contributed by atoms with E-state index in [4.69, 9.17) is 21.4 Å². The van der Waals surface area contributed by atoms with Gasteiger partial charge in [0.2, 0.25) is 0 Å². The van der Waals surface area contributed by atoms with Crippen LogP contribution in [0.25, 0.3) is 0 Å². The first-order valence-corrected chi connectivity index (χ1v) is 6.95. The van der Waals surface area contributed by atoms with Crippen LogP contribution >= 0.6 is 38.9 Å². The molecule has 0 spiro atoms. The number of aromatic carboxylic acids is 1. The molecule has 2 aromatic rings. The lowest BCUT2D eigenvalue weighted by molar-refractivity contribution is 0.0696. The zero-order chi connectivity index (χ0) is 13.1. The molecule has 0 saturated heterocycles. The molecule has 0 amide bonds. The van der Waals surface area contributed by atoms with Crippen molar-refractivity contribution >= 4 is 44.8 Å². The van der Waals surface area contributed by atoms with Crippen molar-refractivity contribution in [3.8, 4) is 5.75 Å². The number of hydrogen-bond donors (Lipinski definition) is 1. The molecular weight excluding hydrogens is 340 g/mol. The van der Waals surface area contributed by atoms with Crippen LogP contribution in [0, 0.1) is 0 Å². The molecule has 0 saturated carbocycles. The van der Waals surface area contributed by atoms with Crippen molar-refractivity contribution in [2.24, 2.45) is 0 Å². The van der Waals surface area contributed by atoms with Gasteiger partial charge in [-0.15, -0.1) is 11.3 Å². The molecule has 0 aliphatic carbocycles. The molecule has 0 fully saturated rings. The summed E-state index contributed by atoms with van der Waals surface area (Å²) in [4.78, 5) is 11.8. The van der Waals surface area contributed by atoms with E-state index in [0.717, 1.165) is 9.35 Å². The zero-order valence-corrected chi connectivity index (χ0v) is 12.2. The summed E-state index contributed by atoms with van der Waals surface area (Å²) in [6, 6.07) is 8.33. The topological polar surface area (TPSA) is 46.5 Å². The van der Waals surface area contributed by atoms with Crippen molar-refractivity contribution in [1.29, 1.82) is 0 Å². The smallest absolute Gasteiger partial charge is 0.335 e. The highest BCUT2D eigenvalue weighted by molar-refractivity contribution is 9.10. The van der Waals surface area contributed by atoms with Crippen LogP contribution in [0.3, 0.4) is 0 Å². The second-order valence-corrected chi connectivity index (χ2v) is 6.10. The molecule has 0 unspecified atom stereocenters. The molecule has 0 aliphatic rings. The SMILES string of the molecule is O=C(O)c1ccc(Br)c(OCc2ccc(Cl)s2)c1. The quantitative estimate of drug-likeness (QED) is 0.889. The fourth-order valence-electron chi connectivity index (χ4n) is 1.33. The molecule has 0 atom stereocenters. The second kappa shape index (κ2) is 5.73. The van der Waals surface area contributed by atoms with Gasteiger partial charge in [0.1, 0.15) is 12.4 Å². The van der Waals surface area contributed by atoms with E-state index in [1.54, 1.807) is 12.1 Å². The third-order valence-electron chi connectivity index (χ3n) is 2.18. The molecule has 0 aliphatic heterocycles. The van der Waals surface area contributed by atoms with Gasteiger partial charge >= 0.3 is 5.97 Å². The van der Waals surface area contributed by atoms with E-state index < -0.39 is 5.97 Å². The van der Waals surface area contributed by atoms with Crippen LogP contribution in [-0.4, -0.2) is 11.1 Å². The fraction of sp³-hybridized carbons (Fsp3) is 0.0833. The molecule has 0 radical (unpaired) electrons. The maximum atomic E-state index is 10.9. The van der Waals surface area contributed by atoms with Gasteiger partial charge < -0.3 is 9.84 Å². The van der Waals surface area contributed by atoms with Crippen LogP contribution in [-0.2, 0) is 6.61 Å². The Labute approximate surface area is 121 Å². The minimum Gasteiger partial charge on any atom is -0.487 e. The van der Waals surface area contributed by atoms with E-state index in [2.05, 4.69) is 15.9 Å². The van der Waals surface area contributed by atoms with Crippen LogP contribution in [0.2, 0.25) is 4.34 Å². The second-order valence-electron chi connectivity index (χ2n) is 3.44. The first-order valence-electron chi connectivity index (χ1n) is 4.96. The lowest BCUT2D eigenvalue weighted by Gasteiger charge is -2.07. The number of benzene rings is 1. The molecule has 1 heterocycles. The Morgan fingerprint density at radius 3 is 2.78 bits per heavy atom. The Balaban J connectivity index is 2.13. The average molecular weight is 348 g/mol. The minimum absolute atomic E-state index is 0.192. The third kappa shape index (κ3) is 3.25. The van der Waals surface area contributed by atoms with Gasteiger partial charge in [-0.2, -0.15) is 0 Å². The molecule has 1 N–H and O–H groups in total. The number of rotatable bonds is 4. The number of thiophene rings is 1. The number of carbonyl (C=O) groups is 1. The predicted molar refractivity (Wildman–Crippen MR) is 74.8 cm³/mol. The maximum absolute atomic E-state index is 10.9. The van der Waals surface area contributed by atoms with Gasteiger partial charge in [-0.25, -0.2) is 4.79 Å². The van der Waals surface area contributed by atoms with Crippen LogP contribution in [0.1, 0.15) is 15.2 Å². The molecule has 3 nitrogen and oxygen atoms in total. The van der Waals surface area contributed by atoms with Crippen molar-refractivity contribution in [2.45, 2.75) is 6.61 Å². The van der Waals surface area contributed by atoms with Crippen LogP contribution in [0.4, 0.5) is 0 Å². The predicted octanol–water partition coefficient (Wildman–Crippen LogP) is 4.44. The van der Waals surface area contributed by atoms with Crippen molar-refractivity contribution in [2.75, 3.05) is 0 Å². The fourth-order valence-corrected chi connectivity index (χ4v) is 2.69. The summed E-state index contributed by atoms with van der Waals surface area (Å²) >= 11 is 10.6. The summed E-state index contributed by atoms with van der Waals surface area (Å²) in [7, 11) is 0. The monoisotopic (exact) mass is 346 g/mol.